The molecule has 2 nitrogen and oxygen atoms in total. The Morgan fingerprint density at radius 3 is 2.76 bits per heavy atom. The Balaban J connectivity index is 1.61. The molecule has 0 saturated heterocycles. The number of hydrogen-bond acceptors (Lipinski definition) is 3. The van der Waals surface area contributed by atoms with Crippen LogP contribution in [0.15, 0.2) is 16.8 Å². The molecule has 1 N–H and O–H groups in total. The first kappa shape index (κ1) is 15.5. The number of nitrogens with zero attached hydrogens (tertiary/aromatic N) is 1. The van der Waals surface area contributed by atoms with Crippen molar-refractivity contribution in [1.29, 1.82) is 0 Å². The van der Waals surface area contributed by atoms with Gasteiger partial charge in [0.05, 0.1) is 0 Å². The molecule has 3 rings (SSSR count). The lowest BCUT2D eigenvalue weighted by molar-refractivity contribution is 0.136. The van der Waals surface area contributed by atoms with Gasteiger partial charge in [0.2, 0.25) is 0 Å². The molecule has 0 unspecified atom stereocenters. The molecular weight excluding hydrogens is 276 g/mol. The van der Waals surface area contributed by atoms with E-state index in [4.69, 9.17) is 0 Å². The SMILES string of the molecule is CCCNCC1(CN(Cc2ccsc2)C2CC2)CCCC1. The summed E-state index contributed by atoms with van der Waals surface area (Å²) in [6.45, 7) is 7.15. The predicted molar refractivity (Wildman–Crippen MR) is 91.8 cm³/mol. The summed E-state index contributed by atoms with van der Waals surface area (Å²) in [6.07, 6.45) is 9.81. The zero-order valence-electron chi connectivity index (χ0n) is 13.4. The average Bonchev–Trinajstić information content (AvgIpc) is 3.02. The van der Waals surface area contributed by atoms with Crippen molar-refractivity contribution < 1.29 is 0 Å². The second kappa shape index (κ2) is 7.26. The molecule has 21 heavy (non-hydrogen) atoms. The highest BCUT2D eigenvalue weighted by Crippen LogP contribution is 2.41. The van der Waals surface area contributed by atoms with E-state index in [2.05, 4.69) is 34.0 Å². The van der Waals surface area contributed by atoms with Crippen LogP contribution >= 0.6 is 11.3 Å². The van der Waals surface area contributed by atoms with E-state index in [9.17, 15) is 0 Å². The van der Waals surface area contributed by atoms with Crippen LogP contribution in [0.2, 0.25) is 0 Å². The van der Waals surface area contributed by atoms with Crippen molar-refractivity contribution in [1.82, 2.24) is 10.2 Å². The Labute approximate surface area is 133 Å². The highest BCUT2D eigenvalue weighted by atomic mass is 32.1. The second-order valence-electron chi connectivity index (χ2n) is 7.15. The number of rotatable bonds is 9. The summed E-state index contributed by atoms with van der Waals surface area (Å²) in [5, 5.41) is 8.26. The van der Waals surface area contributed by atoms with Crippen LogP contribution in [-0.4, -0.2) is 30.6 Å². The summed E-state index contributed by atoms with van der Waals surface area (Å²) in [5.41, 5.74) is 2.06. The smallest absolute Gasteiger partial charge is 0.0245 e. The van der Waals surface area contributed by atoms with E-state index in [1.165, 1.54) is 76.7 Å². The Bertz CT molecular complexity index is 405. The molecule has 118 valence electrons. The maximum atomic E-state index is 3.72. The fourth-order valence-corrected chi connectivity index (χ4v) is 4.51. The van der Waals surface area contributed by atoms with E-state index in [0.717, 1.165) is 6.04 Å². The highest BCUT2D eigenvalue weighted by molar-refractivity contribution is 7.07. The van der Waals surface area contributed by atoms with Crippen LogP contribution in [0.5, 0.6) is 0 Å². The monoisotopic (exact) mass is 306 g/mol. The maximum Gasteiger partial charge on any atom is 0.0245 e. The van der Waals surface area contributed by atoms with Crippen molar-refractivity contribution in [2.45, 2.75) is 64.5 Å². The molecule has 1 heterocycles. The highest BCUT2D eigenvalue weighted by Gasteiger charge is 2.39. The van der Waals surface area contributed by atoms with E-state index in [-0.39, 0.29) is 0 Å². The van der Waals surface area contributed by atoms with E-state index in [1.54, 1.807) is 0 Å². The van der Waals surface area contributed by atoms with Gasteiger partial charge in [0, 0.05) is 25.7 Å². The van der Waals surface area contributed by atoms with Crippen molar-refractivity contribution in [2.24, 2.45) is 5.41 Å². The summed E-state index contributed by atoms with van der Waals surface area (Å²) in [4.78, 5) is 2.79. The molecule has 0 amide bonds. The number of thiophene rings is 1. The van der Waals surface area contributed by atoms with Crippen LogP contribution in [0.3, 0.4) is 0 Å². The standard InChI is InChI=1S/C18H30N2S/c1-2-10-19-14-18(8-3-4-9-18)15-20(17-5-6-17)12-16-7-11-21-13-16/h7,11,13,17,19H,2-6,8-10,12,14-15H2,1H3. The summed E-state index contributed by atoms with van der Waals surface area (Å²) < 4.78 is 0. The van der Waals surface area contributed by atoms with Crippen molar-refractivity contribution in [3.8, 4) is 0 Å². The van der Waals surface area contributed by atoms with Crippen molar-refractivity contribution >= 4 is 11.3 Å². The fraction of sp³-hybridized carbons (Fsp3) is 0.778. The molecule has 0 atom stereocenters. The zero-order valence-corrected chi connectivity index (χ0v) is 14.3. The van der Waals surface area contributed by atoms with Gasteiger partial charge in [-0.15, -0.1) is 0 Å². The van der Waals surface area contributed by atoms with Crippen molar-refractivity contribution in [3.05, 3.63) is 22.4 Å². The zero-order chi connectivity index (χ0) is 14.5. The van der Waals surface area contributed by atoms with Crippen LogP contribution in [0.4, 0.5) is 0 Å². The summed E-state index contributed by atoms with van der Waals surface area (Å²) in [7, 11) is 0. The second-order valence-corrected chi connectivity index (χ2v) is 7.93. The normalized spacial score (nSPS) is 21.2. The first-order valence-corrected chi connectivity index (χ1v) is 9.71. The molecule has 0 bridgehead atoms. The van der Waals surface area contributed by atoms with Gasteiger partial charge in [0.1, 0.15) is 0 Å². The fourth-order valence-electron chi connectivity index (χ4n) is 3.85. The van der Waals surface area contributed by atoms with Gasteiger partial charge < -0.3 is 5.32 Å². The quantitative estimate of drug-likeness (QED) is 0.685. The minimum absolute atomic E-state index is 0.549. The molecule has 1 aromatic heterocycles. The average molecular weight is 307 g/mol. The molecule has 0 aromatic carbocycles. The van der Waals surface area contributed by atoms with Gasteiger partial charge >= 0.3 is 0 Å². The van der Waals surface area contributed by atoms with Crippen molar-refractivity contribution in [3.63, 3.8) is 0 Å². The van der Waals surface area contributed by atoms with Gasteiger partial charge in [-0.3, -0.25) is 4.90 Å². The third kappa shape index (κ3) is 4.30. The molecule has 2 aliphatic carbocycles. The summed E-state index contributed by atoms with van der Waals surface area (Å²) in [5.74, 6) is 0. The van der Waals surface area contributed by atoms with E-state index in [0.29, 0.717) is 5.41 Å². The van der Waals surface area contributed by atoms with E-state index in [1.807, 2.05) is 11.3 Å². The first-order chi connectivity index (χ1) is 10.3. The minimum Gasteiger partial charge on any atom is -0.316 e. The van der Waals surface area contributed by atoms with E-state index < -0.39 is 0 Å². The van der Waals surface area contributed by atoms with Gasteiger partial charge in [-0.25, -0.2) is 0 Å². The summed E-state index contributed by atoms with van der Waals surface area (Å²) >= 11 is 1.83. The Kier molecular flexibility index (Phi) is 5.36. The van der Waals surface area contributed by atoms with Gasteiger partial charge in [-0.05, 0) is 66.5 Å². The predicted octanol–water partition coefficient (Wildman–Crippen LogP) is 4.27. The molecule has 0 spiro atoms. The number of nitrogens with one attached hydrogen (secondary N) is 1. The lowest BCUT2D eigenvalue weighted by Gasteiger charge is -2.36. The third-order valence-corrected chi connectivity index (χ3v) is 5.89. The van der Waals surface area contributed by atoms with Crippen LogP contribution < -0.4 is 5.32 Å². The topological polar surface area (TPSA) is 15.3 Å². The third-order valence-electron chi connectivity index (χ3n) is 5.16. The molecule has 0 radical (unpaired) electrons. The van der Waals surface area contributed by atoms with E-state index >= 15 is 0 Å². The Morgan fingerprint density at radius 1 is 1.33 bits per heavy atom. The molecule has 1 aromatic rings. The number of hydrogen-bond donors (Lipinski definition) is 1. The van der Waals surface area contributed by atoms with Crippen LogP contribution in [0.25, 0.3) is 0 Å². The van der Waals surface area contributed by atoms with Crippen molar-refractivity contribution in [2.75, 3.05) is 19.6 Å². The molecule has 2 aliphatic rings. The lowest BCUT2D eigenvalue weighted by Crippen LogP contribution is -2.43. The van der Waals surface area contributed by atoms with Gasteiger partial charge in [0.25, 0.3) is 0 Å². The molecule has 3 heteroatoms. The Morgan fingerprint density at radius 2 is 2.14 bits per heavy atom. The molecule has 0 aliphatic heterocycles. The van der Waals surface area contributed by atoms with Gasteiger partial charge in [-0.2, -0.15) is 11.3 Å². The van der Waals surface area contributed by atoms with Gasteiger partial charge in [0.15, 0.2) is 0 Å². The summed E-state index contributed by atoms with van der Waals surface area (Å²) in [6, 6.07) is 3.17. The molecule has 2 saturated carbocycles. The van der Waals surface area contributed by atoms with Crippen LogP contribution in [0, 0.1) is 5.41 Å². The maximum absolute atomic E-state index is 3.72. The van der Waals surface area contributed by atoms with Gasteiger partial charge in [-0.1, -0.05) is 19.8 Å². The minimum atomic E-state index is 0.549. The van der Waals surface area contributed by atoms with Crippen LogP contribution in [-0.2, 0) is 6.54 Å². The molecule has 2 fully saturated rings. The lowest BCUT2D eigenvalue weighted by atomic mass is 9.85. The molecular formula is C18H30N2S. The van der Waals surface area contributed by atoms with Crippen LogP contribution in [0.1, 0.15) is 57.4 Å². The Hall–Kier alpha value is -0.380. The first-order valence-electron chi connectivity index (χ1n) is 8.77. The largest absolute Gasteiger partial charge is 0.316 e.